The van der Waals surface area contributed by atoms with Crippen LogP contribution in [0.15, 0.2) is 0 Å². The Labute approximate surface area is 135 Å². The number of carbonyl (C=O) groups is 1. The van der Waals surface area contributed by atoms with Crippen LogP contribution in [0.3, 0.4) is 0 Å². The number of rotatable bonds is 3. The smallest absolute Gasteiger partial charge is 0.262 e. The molecule has 2 fully saturated rings. The molecule has 0 aromatic heterocycles. The van der Waals surface area contributed by atoms with Gasteiger partial charge in [-0.1, -0.05) is 0 Å². The summed E-state index contributed by atoms with van der Waals surface area (Å²) in [6, 6.07) is -0.966. The molecule has 0 bridgehead atoms. The first-order valence-electron chi connectivity index (χ1n) is 6.93. The molecule has 1 unspecified atom stereocenters. The Morgan fingerprint density at radius 2 is 1.86 bits per heavy atom. The minimum atomic E-state index is -3.25. The second-order valence-corrected chi connectivity index (χ2v) is 7.87. The molecule has 0 aromatic rings. The number of nitrogens with one attached hydrogen (secondary N) is 1. The Kier molecular flexibility index (Phi) is 6.16. The largest absolute Gasteiger partial charge is 0.341 e. The number of amides is 1. The third-order valence-corrected chi connectivity index (χ3v) is 5.57. The van der Waals surface area contributed by atoms with Gasteiger partial charge in [0.2, 0.25) is 15.9 Å². The average Bonchev–Trinajstić information content (AvgIpc) is 2.76. The van der Waals surface area contributed by atoms with E-state index in [2.05, 4.69) is 5.32 Å². The number of likely N-dealkylation sites (tertiary alicyclic amines) is 1. The lowest BCUT2D eigenvalue weighted by Gasteiger charge is -2.36. The number of carbonyl (C=O) groups excluding carboxylic acids is 1. The van der Waals surface area contributed by atoms with Crippen molar-refractivity contribution in [1.29, 1.82) is 0 Å². The maximum Gasteiger partial charge on any atom is 0.262 e. The predicted molar refractivity (Wildman–Crippen MR) is 80.8 cm³/mol. The van der Waals surface area contributed by atoms with Gasteiger partial charge in [0.25, 0.3) is 5.92 Å². The number of sulfonamides is 1. The van der Waals surface area contributed by atoms with Crippen LogP contribution in [0.25, 0.3) is 0 Å². The van der Waals surface area contributed by atoms with E-state index in [0.717, 1.165) is 6.26 Å². The quantitative estimate of drug-likeness (QED) is 0.784. The van der Waals surface area contributed by atoms with Crippen molar-refractivity contribution in [1.82, 2.24) is 14.5 Å². The van der Waals surface area contributed by atoms with Crippen molar-refractivity contribution in [3.8, 4) is 0 Å². The lowest BCUT2D eigenvalue weighted by molar-refractivity contribution is -0.135. The highest BCUT2D eigenvalue weighted by Crippen LogP contribution is 2.27. The summed E-state index contributed by atoms with van der Waals surface area (Å²) in [5, 5.41) is 2.55. The van der Waals surface area contributed by atoms with E-state index in [9.17, 15) is 22.0 Å². The van der Waals surface area contributed by atoms with Crippen molar-refractivity contribution in [2.45, 2.75) is 37.3 Å². The summed E-state index contributed by atoms with van der Waals surface area (Å²) >= 11 is 0. The van der Waals surface area contributed by atoms with E-state index in [4.69, 9.17) is 0 Å². The third-order valence-electron chi connectivity index (χ3n) is 4.22. The van der Waals surface area contributed by atoms with Gasteiger partial charge < -0.3 is 4.90 Å². The fourth-order valence-electron chi connectivity index (χ4n) is 2.83. The van der Waals surface area contributed by atoms with Gasteiger partial charge >= 0.3 is 0 Å². The van der Waals surface area contributed by atoms with Gasteiger partial charge in [0.1, 0.15) is 0 Å². The van der Waals surface area contributed by atoms with Crippen molar-refractivity contribution in [2.24, 2.45) is 0 Å². The first-order valence-corrected chi connectivity index (χ1v) is 8.78. The van der Waals surface area contributed by atoms with Crippen molar-refractivity contribution in [3.05, 3.63) is 0 Å². The van der Waals surface area contributed by atoms with Crippen molar-refractivity contribution in [3.63, 3.8) is 0 Å². The molecule has 2 saturated heterocycles. The number of alkyl halides is 2. The van der Waals surface area contributed by atoms with Crippen LogP contribution >= 0.6 is 12.4 Å². The number of hydrogen-bond acceptors (Lipinski definition) is 4. The molecule has 2 aliphatic rings. The van der Waals surface area contributed by atoms with Crippen LogP contribution in [0.1, 0.15) is 19.3 Å². The predicted octanol–water partition coefficient (Wildman–Crippen LogP) is 0.288. The van der Waals surface area contributed by atoms with Crippen molar-refractivity contribution in [2.75, 3.05) is 32.9 Å². The third kappa shape index (κ3) is 4.50. The Morgan fingerprint density at radius 1 is 1.32 bits per heavy atom. The maximum atomic E-state index is 13.1. The second-order valence-electron chi connectivity index (χ2n) is 5.83. The highest BCUT2D eigenvalue weighted by atomic mass is 35.5. The topological polar surface area (TPSA) is 69.7 Å². The maximum absolute atomic E-state index is 13.1. The minimum Gasteiger partial charge on any atom is -0.341 e. The molecular formula is C12H22ClF2N3O3S. The van der Waals surface area contributed by atoms with E-state index in [1.165, 1.54) is 11.4 Å². The molecule has 10 heteroatoms. The molecule has 0 aliphatic carbocycles. The molecule has 22 heavy (non-hydrogen) atoms. The molecule has 1 amide bonds. The monoisotopic (exact) mass is 361 g/mol. The molecule has 2 rings (SSSR count). The Bertz CT molecular complexity index is 510. The number of nitrogens with zero attached hydrogens (tertiary/aromatic N) is 2. The Morgan fingerprint density at radius 3 is 2.27 bits per heavy atom. The molecule has 2 aliphatic heterocycles. The molecule has 6 nitrogen and oxygen atoms in total. The number of piperidine rings is 1. The molecule has 2 heterocycles. The highest BCUT2D eigenvalue weighted by molar-refractivity contribution is 7.88. The van der Waals surface area contributed by atoms with Crippen LogP contribution < -0.4 is 5.32 Å². The van der Waals surface area contributed by atoms with Crippen LogP contribution in [0.2, 0.25) is 0 Å². The van der Waals surface area contributed by atoms with Crippen LogP contribution in [0.4, 0.5) is 8.78 Å². The summed E-state index contributed by atoms with van der Waals surface area (Å²) < 4.78 is 50.5. The van der Waals surface area contributed by atoms with E-state index in [-0.39, 0.29) is 24.4 Å². The van der Waals surface area contributed by atoms with Crippen molar-refractivity contribution >= 4 is 28.3 Å². The normalized spacial score (nSPS) is 26.0. The molecule has 1 N–H and O–H groups in total. The second kappa shape index (κ2) is 6.94. The minimum absolute atomic E-state index is 0. The van der Waals surface area contributed by atoms with E-state index >= 15 is 0 Å². The van der Waals surface area contributed by atoms with Gasteiger partial charge in [-0.3, -0.25) is 10.1 Å². The van der Waals surface area contributed by atoms with Crippen LogP contribution in [-0.2, 0) is 14.8 Å². The van der Waals surface area contributed by atoms with Gasteiger partial charge in [0.15, 0.2) is 0 Å². The van der Waals surface area contributed by atoms with Gasteiger partial charge in [-0.2, -0.15) is 0 Å². The van der Waals surface area contributed by atoms with Gasteiger partial charge in [0, 0.05) is 32.6 Å². The fourth-order valence-corrected chi connectivity index (χ4v) is 3.58. The standard InChI is InChI=1S/C12H21F2N3O3S.ClH/c1-16(21(2,19)20)9-3-5-17(6-4-9)11(18)10-7-12(13,14)8-15-10;/h9-10,15H,3-8H2,1-2H3;1H. The van der Waals surface area contributed by atoms with E-state index in [0.29, 0.717) is 25.9 Å². The Balaban J connectivity index is 0.00000242. The first kappa shape index (κ1) is 19.5. The first-order chi connectivity index (χ1) is 9.60. The molecule has 0 radical (unpaired) electrons. The van der Waals surface area contributed by atoms with Gasteiger partial charge in [-0.25, -0.2) is 21.5 Å². The molecule has 0 aromatic carbocycles. The summed E-state index contributed by atoms with van der Waals surface area (Å²) in [5.41, 5.74) is 0. The average molecular weight is 362 g/mol. The molecular weight excluding hydrogens is 340 g/mol. The zero-order chi connectivity index (χ0) is 15.8. The zero-order valence-electron chi connectivity index (χ0n) is 12.6. The lowest BCUT2D eigenvalue weighted by atomic mass is 10.0. The SMILES string of the molecule is CN(C1CCN(C(=O)C2CC(F)(F)CN2)CC1)S(C)(=O)=O.Cl. The van der Waals surface area contributed by atoms with Crippen LogP contribution in [0.5, 0.6) is 0 Å². The van der Waals surface area contributed by atoms with E-state index in [1.807, 2.05) is 0 Å². The van der Waals surface area contributed by atoms with Gasteiger partial charge in [0.05, 0.1) is 18.8 Å². The van der Waals surface area contributed by atoms with Gasteiger partial charge in [-0.15, -0.1) is 12.4 Å². The van der Waals surface area contributed by atoms with Gasteiger partial charge in [-0.05, 0) is 12.8 Å². The summed E-state index contributed by atoms with van der Waals surface area (Å²) in [7, 11) is -1.73. The number of hydrogen-bond donors (Lipinski definition) is 1. The van der Waals surface area contributed by atoms with E-state index in [1.54, 1.807) is 4.90 Å². The van der Waals surface area contributed by atoms with E-state index < -0.39 is 35.0 Å². The molecule has 0 spiro atoms. The molecule has 1 atom stereocenters. The fraction of sp³-hybridized carbons (Fsp3) is 0.917. The Hall–Kier alpha value is -0.510. The molecule has 130 valence electrons. The van der Waals surface area contributed by atoms with Crippen molar-refractivity contribution < 1.29 is 22.0 Å². The van der Waals surface area contributed by atoms with Crippen LogP contribution in [0, 0.1) is 0 Å². The summed E-state index contributed by atoms with van der Waals surface area (Å²) in [5.74, 6) is -3.14. The summed E-state index contributed by atoms with van der Waals surface area (Å²) in [6.45, 7) is 0.330. The highest BCUT2D eigenvalue weighted by Gasteiger charge is 2.44. The molecule has 0 saturated carbocycles. The summed E-state index contributed by atoms with van der Waals surface area (Å²) in [6.07, 6.45) is 1.74. The lowest BCUT2D eigenvalue weighted by Crippen LogP contribution is -2.51. The summed E-state index contributed by atoms with van der Waals surface area (Å²) in [4.78, 5) is 13.7. The number of halogens is 3. The van der Waals surface area contributed by atoms with Crippen LogP contribution in [-0.4, -0.2) is 74.5 Å². The zero-order valence-corrected chi connectivity index (χ0v) is 14.2.